The van der Waals surface area contributed by atoms with Gasteiger partial charge in [0.1, 0.15) is 5.69 Å². The number of benzene rings is 1. The van der Waals surface area contributed by atoms with Crippen molar-refractivity contribution in [3.63, 3.8) is 0 Å². The van der Waals surface area contributed by atoms with Crippen molar-refractivity contribution >= 4 is 0 Å². The molecule has 0 atom stereocenters. The molecule has 0 saturated carbocycles. The number of hydrogen-bond acceptors (Lipinski definition) is 3. The van der Waals surface area contributed by atoms with E-state index in [1.165, 1.54) is 0 Å². The first-order valence-electron chi connectivity index (χ1n) is 6.84. The van der Waals surface area contributed by atoms with Gasteiger partial charge >= 0.3 is 6.18 Å². The molecule has 1 saturated heterocycles. The van der Waals surface area contributed by atoms with Crippen LogP contribution in [-0.2, 0) is 17.5 Å². The molecule has 0 unspecified atom stereocenters. The number of rotatable bonds is 3. The molecule has 0 aliphatic carbocycles. The standard InChI is InChI=1S/C16H14F3NO2/c17-16(18,19)15-5-12(7-21)14(6-20-15)11-3-1-10(2-4-11)13-8-22-9-13/h1-6,13,21H,7-9H2. The van der Waals surface area contributed by atoms with Crippen LogP contribution in [0.1, 0.15) is 22.7 Å². The monoisotopic (exact) mass is 309 g/mol. The minimum absolute atomic E-state index is 0.210. The summed E-state index contributed by atoms with van der Waals surface area (Å²) >= 11 is 0. The maximum atomic E-state index is 12.7. The summed E-state index contributed by atoms with van der Waals surface area (Å²) in [7, 11) is 0. The molecule has 3 rings (SSSR count). The van der Waals surface area contributed by atoms with Crippen LogP contribution in [0, 0.1) is 0 Å². The van der Waals surface area contributed by atoms with Gasteiger partial charge in [0.25, 0.3) is 0 Å². The fraction of sp³-hybridized carbons (Fsp3) is 0.312. The van der Waals surface area contributed by atoms with Crippen LogP contribution in [0.15, 0.2) is 36.5 Å². The third-order valence-electron chi connectivity index (χ3n) is 3.78. The number of ether oxygens (including phenoxy) is 1. The Morgan fingerprint density at radius 3 is 2.36 bits per heavy atom. The lowest BCUT2D eigenvalue weighted by Crippen LogP contribution is -2.24. The number of aliphatic hydroxyl groups is 1. The molecular formula is C16H14F3NO2. The van der Waals surface area contributed by atoms with Crippen LogP contribution in [0.5, 0.6) is 0 Å². The number of hydrogen-bond donors (Lipinski definition) is 1. The summed E-state index contributed by atoms with van der Waals surface area (Å²) in [4.78, 5) is 3.46. The van der Waals surface area contributed by atoms with Crippen LogP contribution in [0.3, 0.4) is 0 Å². The van der Waals surface area contributed by atoms with Crippen LogP contribution in [0.25, 0.3) is 11.1 Å². The lowest BCUT2D eigenvalue weighted by atomic mass is 9.94. The van der Waals surface area contributed by atoms with E-state index in [0.29, 0.717) is 24.7 Å². The summed E-state index contributed by atoms with van der Waals surface area (Å²) < 4.78 is 43.1. The molecule has 0 radical (unpaired) electrons. The molecular weight excluding hydrogens is 295 g/mol. The van der Waals surface area contributed by atoms with E-state index in [1.807, 2.05) is 24.3 Å². The minimum atomic E-state index is -4.52. The molecule has 6 heteroatoms. The summed E-state index contributed by atoms with van der Waals surface area (Å²) in [6.07, 6.45) is -3.35. The first-order chi connectivity index (χ1) is 10.5. The van der Waals surface area contributed by atoms with E-state index in [9.17, 15) is 18.3 Å². The summed E-state index contributed by atoms with van der Waals surface area (Å²) in [5, 5.41) is 9.35. The molecule has 0 bridgehead atoms. The molecule has 1 aromatic heterocycles. The predicted molar refractivity (Wildman–Crippen MR) is 74.2 cm³/mol. The van der Waals surface area contributed by atoms with Crippen LogP contribution in [0.2, 0.25) is 0 Å². The van der Waals surface area contributed by atoms with Crippen LogP contribution in [0.4, 0.5) is 13.2 Å². The SMILES string of the molecule is OCc1cc(C(F)(F)F)ncc1-c1ccc(C2COC2)cc1. The largest absolute Gasteiger partial charge is 0.433 e. The molecule has 2 heterocycles. The van der Waals surface area contributed by atoms with Crippen molar-refractivity contribution in [1.29, 1.82) is 0 Å². The van der Waals surface area contributed by atoms with E-state index in [-0.39, 0.29) is 5.56 Å². The highest BCUT2D eigenvalue weighted by atomic mass is 19.4. The van der Waals surface area contributed by atoms with Crippen molar-refractivity contribution in [2.75, 3.05) is 13.2 Å². The van der Waals surface area contributed by atoms with Gasteiger partial charge in [0, 0.05) is 17.7 Å². The van der Waals surface area contributed by atoms with Gasteiger partial charge in [-0.05, 0) is 22.8 Å². The highest BCUT2D eigenvalue weighted by molar-refractivity contribution is 5.67. The average Bonchev–Trinajstić information content (AvgIpc) is 2.45. The molecule has 1 aromatic carbocycles. The number of aliphatic hydroxyl groups excluding tert-OH is 1. The van der Waals surface area contributed by atoms with Gasteiger partial charge in [0.15, 0.2) is 0 Å². The fourth-order valence-corrected chi connectivity index (χ4v) is 2.41. The number of aromatic nitrogens is 1. The van der Waals surface area contributed by atoms with Gasteiger partial charge in [-0.25, -0.2) is 0 Å². The molecule has 1 aliphatic rings. The zero-order chi connectivity index (χ0) is 15.7. The lowest BCUT2D eigenvalue weighted by molar-refractivity contribution is -0.141. The maximum Gasteiger partial charge on any atom is 0.433 e. The highest BCUT2D eigenvalue weighted by Gasteiger charge is 2.33. The van der Waals surface area contributed by atoms with E-state index >= 15 is 0 Å². The molecule has 1 aliphatic heterocycles. The number of halogens is 3. The summed E-state index contributed by atoms with van der Waals surface area (Å²) in [6.45, 7) is 0.922. The molecule has 2 aromatic rings. The first kappa shape index (κ1) is 15.0. The van der Waals surface area contributed by atoms with Gasteiger partial charge in [-0.1, -0.05) is 24.3 Å². The number of nitrogens with zero attached hydrogens (tertiary/aromatic N) is 1. The van der Waals surface area contributed by atoms with Crippen molar-refractivity contribution in [1.82, 2.24) is 4.98 Å². The average molecular weight is 309 g/mol. The Labute approximate surface area is 125 Å². The zero-order valence-corrected chi connectivity index (χ0v) is 11.6. The summed E-state index contributed by atoms with van der Waals surface area (Å²) in [6, 6.07) is 8.42. The van der Waals surface area contributed by atoms with E-state index < -0.39 is 18.5 Å². The second-order valence-corrected chi connectivity index (χ2v) is 5.24. The van der Waals surface area contributed by atoms with Crippen molar-refractivity contribution in [3.8, 4) is 11.1 Å². The van der Waals surface area contributed by atoms with E-state index in [1.54, 1.807) is 0 Å². The van der Waals surface area contributed by atoms with Crippen molar-refractivity contribution in [2.45, 2.75) is 18.7 Å². The Kier molecular flexibility index (Phi) is 3.88. The minimum Gasteiger partial charge on any atom is -0.392 e. The van der Waals surface area contributed by atoms with Gasteiger partial charge in [-0.3, -0.25) is 4.98 Å². The first-order valence-corrected chi connectivity index (χ1v) is 6.84. The molecule has 116 valence electrons. The summed E-state index contributed by atoms with van der Waals surface area (Å²) in [5.74, 6) is 0.386. The Balaban J connectivity index is 1.93. The molecule has 1 fully saturated rings. The highest BCUT2D eigenvalue weighted by Crippen LogP contribution is 2.32. The Morgan fingerprint density at radius 1 is 1.18 bits per heavy atom. The Hall–Kier alpha value is -1.92. The molecule has 0 spiro atoms. The van der Waals surface area contributed by atoms with Crippen LogP contribution in [-0.4, -0.2) is 23.3 Å². The van der Waals surface area contributed by atoms with Crippen molar-refractivity contribution in [2.24, 2.45) is 0 Å². The molecule has 1 N–H and O–H groups in total. The quantitative estimate of drug-likeness (QED) is 0.945. The number of alkyl halides is 3. The van der Waals surface area contributed by atoms with E-state index in [0.717, 1.165) is 23.4 Å². The predicted octanol–water partition coefficient (Wildman–Crippen LogP) is 3.37. The van der Waals surface area contributed by atoms with Gasteiger partial charge in [0.2, 0.25) is 0 Å². The van der Waals surface area contributed by atoms with Gasteiger partial charge < -0.3 is 9.84 Å². The second-order valence-electron chi connectivity index (χ2n) is 5.24. The Morgan fingerprint density at radius 2 is 1.86 bits per heavy atom. The van der Waals surface area contributed by atoms with E-state index in [4.69, 9.17) is 4.74 Å². The third kappa shape index (κ3) is 2.84. The van der Waals surface area contributed by atoms with Gasteiger partial charge in [-0.2, -0.15) is 13.2 Å². The van der Waals surface area contributed by atoms with Crippen LogP contribution < -0.4 is 0 Å². The van der Waals surface area contributed by atoms with Crippen LogP contribution >= 0.6 is 0 Å². The van der Waals surface area contributed by atoms with Gasteiger partial charge in [-0.15, -0.1) is 0 Å². The topological polar surface area (TPSA) is 42.4 Å². The third-order valence-corrected chi connectivity index (χ3v) is 3.78. The van der Waals surface area contributed by atoms with Crippen molar-refractivity contribution in [3.05, 3.63) is 53.3 Å². The fourth-order valence-electron chi connectivity index (χ4n) is 2.41. The molecule has 3 nitrogen and oxygen atoms in total. The molecule has 22 heavy (non-hydrogen) atoms. The zero-order valence-electron chi connectivity index (χ0n) is 11.6. The number of pyridine rings is 1. The van der Waals surface area contributed by atoms with Gasteiger partial charge in [0.05, 0.1) is 19.8 Å². The summed E-state index contributed by atoms with van der Waals surface area (Å²) in [5.41, 5.74) is 1.59. The normalized spacial score (nSPS) is 15.6. The lowest BCUT2D eigenvalue weighted by Gasteiger charge is -2.26. The maximum absolute atomic E-state index is 12.7. The van der Waals surface area contributed by atoms with E-state index in [2.05, 4.69) is 4.98 Å². The molecule has 0 amide bonds. The van der Waals surface area contributed by atoms with Crippen molar-refractivity contribution < 1.29 is 23.0 Å². The second kappa shape index (κ2) is 5.70. The smallest absolute Gasteiger partial charge is 0.392 e. The Bertz CT molecular complexity index is 664.